The van der Waals surface area contributed by atoms with Gasteiger partial charge in [-0.2, -0.15) is 0 Å². The third-order valence-corrected chi connectivity index (χ3v) is 7.13. The van der Waals surface area contributed by atoms with Gasteiger partial charge in [0.1, 0.15) is 0 Å². The highest BCUT2D eigenvalue weighted by Crippen LogP contribution is 2.42. The molecule has 1 fully saturated rings. The van der Waals surface area contributed by atoms with E-state index in [1.807, 2.05) is 26.0 Å². The van der Waals surface area contributed by atoms with Crippen molar-refractivity contribution in [2.75, 3.05) is 0 Å². The van der Waals surface area contributed by atoms with Gasteiger partial charge in [-0.05, 0) is 62.9 Å². The summed E-state index contributed by atoms with van der Waals surface area (Å²) in [6.07, 6.45) is 2.38. The van der Waals surface area contributed by atoms with Crippen molar-refractivity contribution in [1.82, 2.24) is 9.29 Å². The quantitative estimate of drug-likeness (QED) is 0.671. The minimum atomic E-state index is -3.81. The van der Waals surface area contributed by atoms with E-state index in [0.29, 0.717) is 10.5 Å². The van der Waals surface area contributed by atoms with Crippen molar-refractivity contribution in [1.29, 1.82) is 0 Å². The molecule has 148 valence electrons. The number of hydrogen-bond acceptors (Lipinski definition) is 4. The fourth-order valence-corrected chi connectivity index (χ4v) is 5.33. The van der Waals surface area contributed by atoms with Crippen LogP contribution < -0.4 is 10.5 Å². The summed E-state index contributed by atoms with van der Waals surface area (Å²) in [4.78, 5) is 12.1. The number of oxazole rings is 1. The van der Waals surface area contributed by atoms with Crippen LogP contribution in [0.15, 0.2) is 56.6 Å². The van der Waals surface area contributed by atoms with Crippen LogP contribution in [0.2, 0.25) is 5.02 Å². The number of sulfonamides is 1. The van der Waals surface area contributed by atoms with Crippen molar-refractivity contribution < 1.29 is 12.8 Å². The second-order valence-corrected chi connectivity index (χ2v) is 9.63. The molecule has 1 aliphatic carbocycles. The van der Waals surface area contributed by atoms with Gasteiger partial charge in [-0.25, -0.2) is 17.9 Å². The van der Waals surface area contributed by atoms with Gasteiger partial charge >= 0.3 is 5.76 Å². The maximum absolute atomic E-state index is 13.1. The molecular weight excluding hydrogens is 400 g/mol. The summed E-state index contributed by atoms with van der Waals surface area (Å²) in [5.41, 5.74) is 1.10. The van der Waals surface area contributed by atoms with Gasteiger partial charge in [0.2, 0.25) is 10.0 Å². The van der Waals surface area contributed by atoms with Crippen molar-refractivity contribution in [3.63, 3.8) is 0 Å². The molecule has 28 heavy (non-hydrogen) atoms. The molecule has 0 bridgehead atoms. The molecule has 1 N–H and O–H groups in total. The molecule has 0 amide bonds. The Morgan fingerprint density at radius 2 is 1.82 bits per heavy atom. The second-order valence-electron chi connectivity index (χ2n) is 7.51. The number of halogens is 1. The minimum Gasteiger partial charge on any atom is -0.408 e. The first kappa shape index (κ1) is 19.2. The van der Waals surface area contributed by atoms with Gasteiger partial charge in [0, 0.05) is 17.1 Å². The Hall–Kier alpha value is -2.09. The lowest BCUT2D eigenvalue weighted by atomic mass is 9.73. The summed E-state index contributed by atoms with van der Waals surface area (Å²) in [6.45, 7) is 3.74. The Morgan fingerprint density at radius 1 is 1.14 bits per heavy atom. The van der Waals surface area contributed by atoms with Gasteiger partial charge in [-0.1, -0.05) is 23.7 Å². The standard InChI is InChI=1S/C20H21ClN2O4S/c1-13(2)23-17-9-8-16(12-18(17)27-19(23)24)28(25,26)22-20(10-3-11-20)14-4-6-15(21)7-5-14/h4-9,12-13,22H,3,10-11H2,1-2H3. The molecule has 0 aliphatic heterocycles. The van der Waals surface area contributed by atoms with Crippen LogP contribution in [-0.2, 0) is 15.6 Å². The van der Waals surface area contributed by atoms with Crippen LogP contribution in [-0.4, -0.2) is 13.0 Å². The number of benzene rings is 2. The van der Waals surface area contributed by atoms with Crippen molar-refractivity contribution in [3.05, 3.63) is 63.6 Å². The highest BCUT2D eigenvalue weighted by Gasteiger charge is 2.42. The SMILES string of the molecule is CC(C)n1c(=O)oc2cc(S(=O)(=O)NC3(c4ccc(Cl)cc4)CCC3)ccc21. The van der Waals surface area contributed by atoms with E-state index in [1.165, 1.54) is 16.7 Å². The fourth-order valence-electron chi connectivity index (χ4n) is 3.74. The van der Waals surface area contributed by atoms with Gasteiger partial charge in [0.25, 0.3) is 0 Å². The Morgan fingerprint density at radius 3 is 2.39 bits per heavy atom. The predicted molar refractivity (Wildman–Crippen MR) is 108 cm³/mol. The molecule has 4 rings (SSSR count). The zero-order chi connectivity index (χ0) is 20.1. The molecule has 0 radical (unpaired) electrons. The molecule has 0 saturated heterocycles. The molecular formula is C20H21ClN2O4S. The predicted octanol–water partition coefficient (Wildman–Crippen LogP) is 4.19. The number of hydrogen-bond donors (Lipinski definition) is 1. The largest absolute Gasteiger partial charge is 0.420 e. The molecule has 1 aromatic heterocycles. The summed E-state index contributed by atoms with van der Waals surface area (Å²) >= 11 is 5.97. The second kappa shape index (κ2) is 6.76. The molecule has 6 nitrogen and oxygen atoms in total. The van der Waals surface area contributed by atoms with Gasteiger partial charge in [-0.15, -0.1) is 0 Å². The fraction of sp³-hybridized carbons (Fsp3) is 0.350. The molecule has 1 saturated carbocycles. The van der Waals surface area contributed by atoms with Gasteiger partial charge in [0.15, 0.2) is 5.58 Å². The first-order valence-corrected chi connectivity index (χ1v) is 11.0. The van der Waals surface area contributed by atoms with E-state index in [9.17, 15) is 13.2 Å². The average Bonchev–Trinajstić information content (AvgIpc) is 2.94. The lowest BCUT2D eigenvalue weighted by molar-refractivity contribution is 0.224. The summed E-state index contributed by atoms with van der Waals surface area (Å²) in [6, 6.07) is 11.7. The van der Waals surface area contributed by atoms with Crippen molar-refractivity contribution in [3.8, 4) is 0 Å². The number of nitrogens with zero attached hydrogens (tertiary/aromatic N) is 1. The first-order chi connectivity index (χ1) is 13.2. The number of rotatable bonds is 5. The Kier molecular flexibility index (Phi) is 4.64. The van der Waals surface area contributed by atoms with Crippen LogP contribution in [0.5, 0.6) is 0 Å². The van der Waals surface area contributed by atoms with E-state index in [-0.39, 0.29) is 16.5 Å². The highest BCUT2D eigenvalue weighted by atomic mass is 35.5. The van der Waals surface area contributed by atoms with E-state index in [1.54, 1.807) is 18.2 Å². The third-order valence-electron chi connectivity index (χ3n) is 5.35. The van der Waals surface area contributed by atoms with E-state index >= 15 is 0 Å². The normalized spacial score (nSPS) is 16.4. The lowest BCUT2D eigenvalue weighted by Crippen LogP contribution is -2.50. The molecule has 1 heterocycles. The number of aromatic nitrogens is 1. The van der Waals surface area contributed by atoms with Crippen molar-refractivity contribution in [2.45, 2.75) is 49.6 Å². The van der Waals surface area contributed by atoms with Gasteiger partial charge in [0.05, 0.1) is 16.0 Å². The van der Waals surface area contributed by atoms with E-state index in [4.69, 9.17) is 16.0 Å². The average molecular weight is 421 g/mol. The van der Waals surface area contributed by atoms with Gasteiger partial charge in [-0.3, -0.25) is 4.57 Å². The molecule has 0 atom stereocenters. The third kappa shape index (κ3) is 3.17. The van der Waals surface area contributed by atoms with Crippen LogP contribution in [0.25, 0.3) is 11.1 Å². The molecule has 2 aromatic carbocycles. The van der Waals surface area contributed by atoms with Crippen molar-refractivity contribution in [2.24, 2.45) is 0 Å². The van der Waals surface area contributed by atoms with Crippen molar-refractivity contribution >= 4 is 32.7 Å². The first-order valence-electron chi connectivity index (χ1n) is 9.17. The molecule has 3 aromatic rings. The van der Waals surface area contributed by atoms with Gasteiger partial charge < -0.3 is 4.42 Å². The van der Waals surface area contributed by atoms with Crippen LogP contribution in [0.1, 0.15) is 44.7 Å². The topological polar surface area (TPSA) is 81.3 Å². The zero-order valence-corrected chi connectivity index (χ0v) is 17.2. The maximum Gasteiger partial charge on any atom is 0.420 e. The Balaban J connectivity index is 1.72. The Bertz CT molecular complexity index is 1190. The van der Waals surface area contributed by atoms with Crippen LogP contribution in [0.3, 0.4) is 0 Å². The smallest absolute Gasteiger partial charge is 0.408 e. The number of fused-ring (bicyclic) bond motifs is 1. The van der Waals surface area contributed by atoms with E-state index in [2.05, 4.69) is 4.72 Å². The summed E-state index contributed by atoms with van der Waals surface area (Å²) in [5, 5.41) is 0.608. The summed E-state index contributed by atoms with van der Waals surface area (Å²) < 4.78 is 35.8. The summed E-state index contributed by atoms with van der Waals surface area (Å²) in [7, 11) is -3.81. The minimum absolute atomic E-state index is 0.0740. The summed E-state index contributed by atoms with van der Waals surface area (Å²) in [5.74, 6) is -0.496. The zero-order valence-electron chi connectivity index (χ0n) is 15.6. The van der Waals surface area contributed by atoms with E-state index < -0.39 is 21.3 Å². The molecule has 0 spiro atoms. The molecule has 0 unspecified atom stereocenters. The maximum atomic E-state index is 13.1. The van der Waals surface area contributed by atoms with Crippen LogP contribution in [0, 0.1) is 0 Å². The highest BCUT2D eigenvalue weighted by molar-refractivity contribution is 7.89. The molecule has 8 heteroatoms. The monoisotopic (exact) mass is 420 g/mol. The lowest BCUT2D eigenvalue weighted by Gasteiger charge is -2.42. The number of nitrogens with one attached hydrogen (secondary N) is 1. The van der Waals surface area contributed by atoms with Crippen LogP contribution in [0.4, 0.5) is 0 Å². The molecule has 1 aliphatic rings. The Labute approximate surface area is 168 Å². The van der Waals surface area contributed by atoms with E-state index in [0.717, 1.165) is 24.8 Å². The van der Waals surface area contributed by atoms with Crippen LogP contribution >= 0.6 is 11.6 Å².